The number of aliphatic hydroxyl groups is 1. The SMILES string of the molecule is CCOC(=O)c1c(CCCO)c(-c2cccs2)c2n1CCc1cc(OC)c(Br)cc1-2. The maximum absolute atomic E-state index is 13.0. The minimum absolute atomic E-state index is 0.0754. The smallest absolute Gasteiger partial charge is 0.355 e. The molecule has 0 spiro atoms. The van der Waals surface area contributed by atoms with Crippen molar-refractivity contribution in [1.29, 1.82) is 0 Å². The van der Waals surface area contributed by atoms with Crippen LogP contribution < -0.4 is 4.74 Å². The van der Waals surface area contributed by atoms with Crippen molar-refractivity contribution in [2.45, 2.75) is 32.7 Å². The molecule has 3 aromatic rings. The van der Waals surface area contributed by atoms with Crippen molar-refractivity contribution in [3.8, 4) is 27.4 Å². The molecule has 0 aliphatic carbocycles. The summed E-state index contributed by atoms with van der Waals surface area (Å²) in [5.74, 6) is 0.503. The molecule has 0 saturated carbocycles. The van der Waals surface area contributed by atoms with E-state index in [4.69, 9.17) is 9.47 Å². The second-order valence-electron chi connectivity index (χ2n) is 7.12. The number of benzene rings is 1. The highest BCUT2D eigenvalue weighted by molar-refractivity contribution is 9.10. The number of rotatable bonds is 7. The molecule has 7 heteroatoms. The predicted octanol–water partition coefficient (Wildman–Crippen LogP) is 5.31. The number of aryl methyl sites for hydroxylation is 1. The van der Waals surface area contributed by atoms with Crippen LogP contribution in [0.4, 0.5) is 0 Å². The Balaban J connectivity index is 2.04. The minimum Gasteiger partial charge on any atom is -0.496 e. The molecule has 1 aliphatic heterocycles. The molecule has 1 aliphatic rings. The van der Waals surface area contributed by atoms with Crippen molar-refractivity contribution in [3.05, 3.63) is 50.9 Å². The molecule has 0 bridgehead atoms. The molecule has 158 valence electrons. The third-order valence-corrected chi connectivity index (χ3v) is 6.93. The standard InChI is InChI=1S/C23H24BrNO4S/c1-3-29-23(27)22-15(6-4-10-26)20(19-7-5-11-30-19)21-16-13-17(24)18(28-2)12-14(16)8-9-25(21)22/h5,7,11-13,26H,3-4,6,8-10H2,1-2H3. The van der Waals surface area contributed by atoms with Gasteiger partial charge in [0.15, 0.2) is 0 Å². The van der Waals surface area contributed by atoms with Gasteiger partial charge in [0, 0.05) is 29.2 Å². The van der Waals surface area contributed by atoms with Gasteiger partial charge in [0.2, 0.25) is 0 Å². The van der Waals surface area contributed by atoms with Crippen LogP contribution in [0.1, 0.15) is 35.0 Å². The van der Waals surface area contributed by atoms with Crippen LogP contribution in [0.2, 0.25) is 0 Å². The number of methoxy groups -OCH3 is 1. The average molecular weight is 490 g/mol. The van der Waals surface area contributed by atoms with E-state index >= 15 is 0 Å². The Bertz CT molecular complexity index is 1070. The van der Waals surface area contributed by atoms with Crippen LogP contribution in [-0.2, 0) is 24.1 Å². The lowest BCUT2D eigenvalue weighted by Gasteiger charge is -2.23. The Hall–Kier alpha value is -2.09. The van der Waals surface area contributed by atoms with Gasteiger partial charge in [-0.3, -0.25) is 0 Å². The Morgan fingerprint density at radius 2 is 2.20 bits per heavy atom. The highest BCUT2D eigenvalue weighted by Gasteiger charge is 2.32. The molecule has 0 atom stereocenters. The number of nitrogens with zero attached hydrogens (tertiary/aromatic N) is 1. The first-order valence-corrected chi connectivity index (χ1v) is 11.7. The molecule has 2 aromatic heterocycles. The quantitative estimate of drug-likeness (QED) is 0.456. The molecule has 1 N–H and O–H groups in total. The third-order valence-electron chi connectivity index (χ3n) is 5.42. The first-order valence-electron chi connectivity index (χ1n) is 10.0. The summed E-state index contributed by atoms with van der Waals surface area (Å²) in [6, 6.07) is 8.27. The zero-order valence-electron chi connectivity index (χ0n) is 17.0. The number of hydrogen-bond acceptors (Lipinski definition) is 5. The molecule has 0 radical (unpaired) electrons. The van der Waals surface area contributed by atoms with Crippen molar-refractivity contribution in [2.24, 2.45) is 0 Å². The van der Waals surface area contributed by atoms with Gasteiger partial charge in [-0.15, -0.1) is 11.3 Å². The van der Waals surface area contributed by atoms with E-state index < -0.39 is 0 Å². The highest BCUT2D eigenvalue weighted by Crippen LogP contribution is 2.47. The number of esters is 1. The van der Waals surface area contributed by atoms with Crippen molar-refractivity contribution < 1.29 is 19.4 Å². The van der Waals surface area contributed by atoms with E-state index in [1.54, 1.807) is 18.4 Å². The van der Waals surface area contributed by atoms with E-state index in [2.05, 4.69) is 38.7 Å². The maximum atomic E-state index is 13.0. The zero-order chi connectivity index (χ0) is 21.3. The van der Waals surface area contributed by atoms with Gasteiger partial charge in [-0.1, -0.05) is 6.07 Å². The molecule has 30 heavy (non-hydrogen) atoms. The van der Waals surface area contributed by atoms with Gasteiger partial charge in [-0.25, -0.2) is 4.79 Å². The van der Waals surface area contributed by atoms with Crippen LogP contribution in [0.15, 0.2) is 34.1 Å². The number of aliphatic hydroxyl groups excluding tert-OH is 1. The number of aromatic nitrogens is 1. The summed E-state index contributed by atoms with van der Waals surface area (Å²) in [5.41, 5.74) is 5.97. The van der Waals surface area contributed by atoms with Crippen molar-refractivity contribution >= 4 is 33.2 Å². The molecule has 0 amide bonds. The van der Waals surface area contributed by atoms with E-state index in [0.717, 1.165) is 43.9 Å². The Labute approximate surface area is 188 Å². The van der Waals surface area contributed by atoms with Crippen molar-refractivity contribution in [2.75, 3.05) is 20.3 Å². The van der Waals surface area contributed by atoms with Crippen LogP contribution in [-0.4, -0.2) is 36.0 Å². The second-order valence-corrected chi connectivity index (χ2v) is 8.92. The summed E-state index contributed by atoms with van der Waals surface area (Å²) in [6.45, 7) is 2.92. The summed E-state index contributed by atoms with van der Waals surface area (Å²) in [4.78, 5) is 14.1. The molecule has 1 aromatic carbocycles. The number of carbonyl (C=O) groups excluding carboxylic acids is 1. The summed E-state index contributed by atoms with van der Waals surface area (Å²) in [7, 11) is 1.67. The van der Waals surface area contributed by atoms with E-state index in [-0.39, 0.29) is 12.6 Å². The van der Waals surface area contributed by atoms with E-state index in [1.165, 1.54) is 5.56 Å². The number of thiophene rings is 1. The molecular weight excluding hydrogens is 466 g/mol. The average Bonchev–Trinajstić information content (AvgIpc) is 3.37. The molecule has 0 saturated heterocycles. The lowest BCUT2D eigenvalue weighted by Crippen LogP contribution is -2.18. The molecule has 0 fully saturated rings. The van der Waals surface area contributed by atoms with Crippen LogP contribution in [0, 0.1) is 0 Å². The number of carbonyl (C=O) groups is 1. The van der Waals surface area contributed by atoms with Gasteiger partial charge < -0.3 is 19.1 Å². The lowest BCUT2D eigenvalue weighted by molar-refractivity contribution is 0.0512. The summed E-state index contributed by atoms with van der Waals surface area (Å²) < 4.78 is 13.9. The third kappa shape index (κ3) is 3.59. The number of ether oxygens (including phenoxy) is 2. The number of fused-ring (bicyclic) bond motifs is 3. The van der Waals surface area contributed by atoms with Gasteiger partial charge in [-0.05, 0) is 76.8 Å². The summed E-state index contributed by atoms with van der Waals surface area (Å²) in [5, 5.41) is 11.5. The first kappa shape index (κ1) is 21.2. The summed E-state index contributed by atoms with van der Waals surface area (Å²) in [6.07, 6.45) is 2.01. The van der Waals surface area contributed by atoms with Crippen molar-refractivity contribution in [1.82, 2.24) is 4.57 Å². The zero-order valence-corrected chi connectivity index (χ0v) is 19.4. The molecule has 0 unspecified atom stereocenters. The van der Waals surface area contributed by atoms with Crippen molar-refractivity contribution in [3.63, 3.8) is 0 Å². The minimum atomic E-state index is -0.300. The van der Waals surface area contributed by atoms with E-state index in [0.29, 0.717) is 31.7 Å². The number of halogens is 1. The monoisotopic (exact) mass is 489 g/mol. The normalized spacial score (nSPS) is 12.4. The van der Waals surface area contributed by atoms with Gasteiger partial charge in [0.25, 0.3) is 0 Å². The number of hydrogen-bond donors (Lipinski definition) is 1. The second kappa shape index (κ2) is 8.96. The lowest BCUT2D eigenvalue weighted by atomic mass is 9.94. The summed E-state index contributed by atoms with van der Waals surface area (Å²) >= 11 is 5.28. The maximum Gasteiger partial charge on any atom is 0.355 e. The topological polar surface area (TPSA) is 60.7 Å². The molecule has 3 heterocycles. The first-order chi connectivity index (χ1) is 14.6. The largest absolute Gasteiger partial charge is 0.496 e. The predicted molar refractivity (Wildman–Crippen MR) is 123 cm³/mol. The van der Waals surface area contributed by atoms with E-state index in [1.807, 2.05) is 18.4 Å². The van der Waals surface area contributed by atoms with Crippen LogP contribution >= 0.6 is 27.3 Å². The Morgan fingerprint density at radius 3 is 2.87 bits per heavy atom. The van der Waals surface area contributed by atoms with Crippen LogP contribution in [0.5, 0.6) is 5.75 Å². The fraction of sp³-hybridized carbons (Fsp3) is 0.348. The molecule has 5 nitrogen and oxygen atoms in total. The highest BCUT2D eigenvalue weighted by atomic mass is 79.9. The van der Waals surface area contributed by atoms with Gasteiger partial charge in [0.05, 0.1) is 23.9 Å². The van der Waals surface area contributed by atoms with Gasteiger partial charge in [0.1, 0.15) is 11.4 Å². The molecule has 4 rings (SSSR count). The Morgan fingerprint density at radius 1 is 1.37 bits per heavy atom. The Kier molecular flexibility index (Phi) is 6.32. The van der Waals surface area contributed by atoms with E-state index in [9.17, 15) is 9.90 Å². The fourth-order valence-corrected chi connectivity index (χ4v) is 5.51. The van der Waals surface area contributed by atoms with Gasteiger partial charge in [-0.2, -0.15) is 0 Å². The van der Waals surface area contributed by atoms with Gasteiger partial charge >= 0.3 is 5.97 Å². The van der Waals surface area contributed by atoms with Crippen LogP contribution in [0.25, 0.3) is 21.7 Å². The molecular formula is C23H24BrNO4S. The fourth-order valence-electron chi connectivity index (χ4n) is 4.20. The van der Waals surface area contributed by atoms with Crippen LogP contribution in [0.3, 0.4) is 0 Å².